The van der Waals surface area contributed by atoms with Crippen LogP contribution in [0, 0.1) is 0 Å². The third-order valence-electron chi connectivity index (χ3n) is 2.26. The van der Waals surface area contributed by atoms with Crippen LogP contribution in [-0.2, 0) is 5.41 Å². The maximum Gasteiger partial charge on any atom is 0.218 e. The van der Waals surface area contributed by atoms with E-state index in [2.05, 4.69) is 4.98 Å². The van der Waals surface area contributed by atoms with E-state index in [1.807, 2.05) is 19.9 Å². The zero-order valence-corrected chi connectivity index (χ0v) is 9.43. The number of hydrogen-bond acceptors (Lipinski definition) is 3. The van der Waals surface area contributed by atoms with E-state index in [0.29, 0.717) is 17.6 Å². The Morgan fingerprint density at radius 3 is 2.64 bits per heavy atom. The molecule has 4 heteroatoms. The highest BCUT2D eigenvalue weighted by molar-refractivity contribution is 6.29. The Hall–Kier alpha value is -0.800. The minimum Gasteiger partial charge on any atom is -0.481 e. The molecule has 0 fully saturated rings. The van der Waals surface area contributed by atoms with Crippen LogP contribution in [0.15, 0.2) is 12.1 Å². The first-order valence-electron chi connectivity index (χ1n) is 4.42. The topological polar surface area (TPSA) is 48.1 Å². The minimum absolute atomic E-state index is 0.150. The molecule has 0 aliphatic carbocycles. The number of pyridine rings is 1. The number of nitrogens with two attached hydrogens (primary N) is 1. The zero-order chi connectivity index (χ0) is 10.8. The van der Waals surface area contributed by atoms with Crippen LogP contribution in [0.25, 0.3) is 0 Å². The number of methoxy groups -OCH3 is 1. The fraction of sp³-hybridized carbons (Fsp3) is 0.500. The first kappa shape index (κ1) is 11.3. The third kappa shape index (κ3) is 2.16. The predicted octanol–water partition coefficient (Wildman–Crippen LogP) is 1.98. The molecule has 0 aromatic carbocycles. The maximum atomic E-state index is 5.77. The summed E-state index contributed by atoms with van der Waals surface area (Å²) < 4.78 is 5.16. The summed E-state index contributed by atoms with van der Waals surface area (Å²) in [5.41, 5.74) is 6.51. The normalized spacial score (nSPS) is 11.5. The van der Waals surface area contributed by atoms with Gasteiger partial charge in [-0.3, -0.25) is 0 Å². The van der Waals surface area contributed by atoms with E-state index >= 15 is 0 Å². The van der Waals surface area contributed by atoms with Crippen molar-refractivity contribution in [1.29, 1.82) is 0 Å². The number of halogens is 1. The van der Waals surface area contributed by atoms with Gasteiger partial charge in [-0.05, 0) is 12.1 Å². The fourth-order valence-electron chi connectivity index (χ4n) is 1.20. The SMILES string of the molecule is COc1nc(Cl)ccc1C(C)(C)CN. The standard InChI is InChI=1S/C10H15ClN2O/c1-10(2,6-12)7-4-5-8(11)13-9(7)14-3/h4-5H,6,12H2,1-3H3. The van der Waals surface area contributed by atoms with E-state index in [4.69, 9.17) is 22.1 Å². The quantitative estimate of drug-likeness (QED) is 0.783. The van der Waals surface area contributed by atoms with E-state index in [-0.39, 0.29) is 5.41 Å². The highest BCUT2D eigenvalue weighted by Crippen LogP contribution is 2.30. The molecular weight excluding hydrogens is 200 g/mol. The molecule has 0 atom stereocenters. The lowest BCUT2D eigenvalue weighted by atomic mass is 9.85. The van der Waals surface area contributed by atoms with Crippen molar-refractivity contribution in [3.63, 3.8) is 0 Å². The summed E-state index contributed by atoms with van der Waals surface area (Å²) in [5, 5.41) is 0.429. The highest BCUT2D eigenvalue weighted by Gasteiger charge is 2.23. The first-order chi connectivity index (χ1) is 6.51. The van der Waals surface area contributed by atoms with Crippen molar-refractivity contribution in [3.05, 3.63) is 22.8 Å². The van der Waals surface area contributed by atoms with Crippen LogP contribution in [0.5, 0.6) is 5.88 Å². The molecule has 1 aromatic rings. The number of rotatable bonds is 3. The molecule has 0 spiro atoms. The summed E-state index contributed by atoms with van der Waals surface area (Å²) in [6.07, 6.45) is 0. The van der Waals surface area contributed by atoms with Crippen molar-refractivity contribution >= 4 is 11.6 Å². The van der Waals surface area contributed by atoms with Crippen LogP contribution >= 0.6 is 11.6 Å². The van der Waals surface area contributed by atoms with Crippen LogP contribution in [0.4, 0.5) is 0 Å². The Bertz CT molecular complexity index is 326. The van der Waals surface area contributed by atoms with Crippen molar-refractivity contribution in [1.82, 2.24) is 4.98 Å². The van der Waals surface area contributed by atoms with E-state index in [9.17, 15) is 0 Å². The Morgan fingerprint density at radius 2 is 2.14 bits per heavy atom. The van der Waals surface area contributed by atoms with Crippen molar-refractivity contribution < 1.29 is 4.74 Å². The lowest BCUT2D eigenvalue weighted by Gasteiger charge is -2.24. The van der Waals surface area contributed by atoms with Gasteiger partial charge in [0.25, 0.3) is 0 Å². The summed E-state index contributed by atoms with van der Waals surface area (Å²) in [7, 11) is 1.58. The molecule has 0 saturated heterocycles. The molecule has 78 valence electrons. The predicted molar refractivity (Wildman–Crippen MR) is 57.9 cm³/mol. The van der Waals surface area contributed by atoms with Crippen LogP contribution in [-0.4, -0.2) is 18.6 Å². The molecule has 1 heterocycles. The van der Waals surface area contributed by atoms with E-state index in [1.165, 1.54) is 0 Å². The van der Waals surface area contributed by atoms with Gasteiger partial charge in [0, 0.05) is 17.5 Å². The van der Waals surface area contributed by atoms with Crippen molar-refractivity contribution in [2.75, 3.05) is 13.7 Å². The second-order valence-electron chi connectivity index (χ2n) is 3.78. The maximum absolute atomic E-state index is 5.77. The minimum atomic E-state index is -0.150. The largest absolute Gasteiger partial charge is 0.481 e. The third-order valence-corrected chi connectivity index (χ3v) is 2.47. The van der Waals surface area contributed by atoms with Gasteiger partial charge in [-0.2, -0.15) is 0 Å². The number of hydrogen-bond donors (Lipinski definition) is 1. The molecule has 1 aromatic heterocycles. The molecule has 0 unspecified atom stereocenters. The lowest BCUT2D eigenvalue weighted by molar-refractivity contribution is 0.377. The van der Waals surface area contributed by atoms with E-state index in [1.54, 1.807) is 13.2 Å². The van der Waals surface area contributed by atoms with E-state index < -0.39 is 0 Å². The van der Waals surface area contributed by atoms with Crippen LogP contribution in [0.2, 0.25) is 5.15 Å². The molecule has 0 aliphatic rings. The highest BCUT2D eigenvalue weighted by atomic mass is 35.5. The number of ether oxygens (including phenoxy) is 1. The Balaban J connectivity index is 3.20. The Labute approximate surface area is 89.2 Å². The van der Waals surface area contributed by atoms with Gasteiger partial charge in [-0.15, -0.1) is 0 Å². The van der Waals surface area contributed by atoms with Gasteiger partial charge in [-0.25, -0.2) is 4.98 Å². The van der Waals surface area contributed by atoms with Gasteiger partial charge in [0.15, 0.2) is 0 Å². The van der Waals surface area contributed by atoms with E-state index in [0.717, 1.165) is 5.56 Å². The number of nitrogens with zero attached hydrogens (tertiary/aromatic N) is 1. The van der Waals surface area contributed by atoms with Crippen molar-refractivity contribution in [2.24, 2.45) is 5.73 Å². The van der Waals surface area contributed by atoms with Crippen LogP contribution in [0.1, 0.15) is 19.4 Å². The van der Waals surface area contributed by atoms with Gasteiger partial charge in [-0.1, -0.05) is 25.4 Å². The molecule has 2 N–H and O–H groups in total. The van der Waals surface area contributed by atoms with Crippen LogP contribution < -0.4 is 10.5 Å². The summed E-state index contributed by atoms with van der Waals surface area (Å²) in [6, 6.07) is 3.65. The fourth-order valence-corrected chi connectivity index (χ4v) is 1.34. The average molecular weight is 215 g/mol. The summed E-state index contributed by atoms with van der Waals surface area (Å²) in [4.78, 5) is 4.09. The van der Waals surface area contributed by atoms with Crippen LogP contribution in [0.3, 0.4) is 0 Å². The lowest BCUT2D eigenvalue weighted by Crippen LogP contribution is -2.28. The Kier molecular flexibility index (Phi) is 3.34. The molecule has 14 heavy (non-hydrogen) atoms. The van der Waals surface area contributed by atoms with Crippen molar-refractivity contribution in [3.8, 4) is 5.88 Å². The second-order valence-corrected chi connectivity index (χ2v) is 4.17. The zero-order valence-electron chi connectivity index (χ0n) is 8.67. The molecule has 0 amide bonds. The molecule has 3 nitrogen and oxygen atoms in total. The molecule has 0 radical (unpaired) electrons. The van der Waals surface area contributed by atoms with Gasteiger partial charge in [0.1, 0.15) is 5.15 Å². The first-order valence-corrected chi connectivity index (χ1v) is 4.80. The summed E-state index contributed by atoms with van der Waals surface area (Å²) in [5.74, 6) is 0.549. The second kappa shape index (κ2) is 4.15. The Morgan fingerprint density at radius 1 is 1.50 bits per heavy atom. The smallest absolute Gasteiger partial charge is 0.218 e. The van der Waals surface area contributed by atoms with Gasteiger partial charge < -0.3 is 10.5 Å². The summed E-state index contributed by atoms with van der Waals surface area (Å²) >= 11 is 5.77. The monoisotopic (exact) mass is 214 g/mol. The summed E-state index contributed by atoms with van der Waals surface area (Å²) in [6.45, 7) is 4.62. The van der Waals surface area contributed by atoms with Crippen molar-refractivity contribution in [2.45, 2.75) is 19.3 Å². The van der Waals surface area contributed by atoms with Gasteiger partial charge >= 0.3 is 0 Å². The molecule has 0 bridgehead atoms. The molecular formula is C10H15ClN2O. The number of aromatic nitrogens is 1. The molecule has 1 rings (SSSR count). The van der Waals surface area contributed by atoms with Gasteiger partial charge in [0.2, 0.25) is 5.88 Å². The molecule has 0 aliphatic heterocycles. The molecule has 0 saturated carbocycles. The van der Waals surface area contributed by atoms with Gasteiger partial charge in [0.05, 0.1) is 7.11 Å². The average Bonchev–Trinajstić information content (AvgIpc) is 2.17.